The lowest BCUT2D eigenvalue weighted by Crippen LogP contribution is -2.41. The second-order valence-corrected chi connectivity index (χ2v) is 9.52. The lowest BCUT2D eigenvalue weighted by atomic mass is 9.91. The summed E-state index contributed by atoms with van der Waals surface area (Å²) >= 11 is 1.74. The number of hydrogen-bond acceptors (Lipinski definition) is 4. The van der Waals surface area contributed by atoms with E-state index in [1.807, 2.05) is 12.1 Å². The van der Waals surface area contributed by atoms with Crippen LogP contribution in [0, 0.1) is 12.7 Å². The minimum Gasteiger partial charge on any atom is -0.363 e. The van der Waals surface area contributed by atoms with Crippen molar-refractivity contribution in [1.82, 2.24) is 0 Å². The quantitative estimate of drug-likeness (QED) is 0.372. The van der Waals surface area contributed by atoms with Crippen LogP contribution in [0.4, 0.5) is 4.39 Å². The maximum Gasteiger partial charge on any atom is 0.194 e. The van der Waals surface area contributed by atoms with Gasteiger partial charge in [0, 0.05) is 44.7 Å². The topological polar surface area (TPSA) is 27.7 Å². The Morgan fingerprint density at radius 3 is 2.71 bits per heavy atom. The van der Waals surface area contributed by atoms with E-state index >= 15 is 0 Å². The Labute approximate surface area is 189 Å². The molecule has 0 aliphatic carbocycles. The number of benzene rings is 2. The van der Waals surface area contributed by atoms with Gasteiger partial charge in [-0.05, 0) is 66.8 Å². The van der Waals surface area contributed by atoms with Crippen molar-refractivity contribution in [3.63, 3.8) is 0 Å². The summed E-state index contributed by atoms with van der Waals surface area (Å²) in [7, 11) is 4.02. The van der Waals surface area contributed by atoms with Crippen molar-refractivity contribution < 1.29 is 18.4 Å². The summed E-state index contributed by atoms with van der Waals surface area (Å²) in [5.41, 5.74) is 4.60. The Balaban J connectivity index is 1.57. The lowest BCUT2D eigenvalue weighted by Gasteiger charge is -2.40. The van der Waals surface area contributed by atoms with E-state index in [0.717, 1.165) is 41.7 Å². The van der Waals surface area contributed by atoms with Crippen LogP contribution in [0.2, 0.25) is 0 Å². The maximum atomic E-state index is 13.2. The molecule has 0 radical (unpaired) electrons. The number of ether oxygens (including phenoxy) is 2. The van der Waals surface area contributed by atoms with E-state index in [1.165, 1.54) is 28.1 Å². The highest BCUT2D eigenvalue weighted by atomic mass is 32.1. The van der Waals surface area contributed by atoms with Crippen molar-refractivity contribution in [3.05, 3.63) is 82.0 Å². The van der Waals surface area contributed by atoms with Gasteiger partial charge in [-0.1, -0.05) is 24.3 Å². The molecule has 2 heterocycles. The number of aryl methyl sites for hydroxylation is 1. The van der Waals surface area contributed by atoms with Crippen molar-refractivity contribution in [2.45, 2.75) is 44.5 Å². The molecule has 3 aromatic rings. The highest BCUT2D eigenvalue weighted by molar-refractivity contribution is 7.15. The first-order valence-electron chi connectivity index (χ1n) is 10.5. The Bertz CT molecular complexity index is 1020. The first-order valence-corrected chi connectivity index (χ1v) is 11.8. The van der Waals surface area contributed by atoms with Crippen molar-refractivity contribution in [3.8, 4) is 10.4 Å². The average molecular weight is 459 g/mol. The van der Waals surface area contributed by atoms with Gasteiger partial charge in [0.2, 0.25) is 0 Å². The van der Waals surface area contributed by atoms with Crippen molar-refractivity contribution in [1.29, 1.82) is 0 Å². The molecule has 1 fully saturated rings. The second kappa shape index (κ2) is 9.89. The molecule has 3 atom stereocenters. The summed E-state index contributed by atoms with van der Waals surface area (Å²) in [6.07, 6.45) is 3.68. The van der Waals surface area contributed by atoms with Gasteiger partial charge in [-0.25, -0.2) is 4.39 Å². The van der Waals surface area contributed by atoms with Crippen molar-refractivity contribution in [2.24, 2.45) is 0 Å². The first kappa shape index (κ1) is 22.6. The molecule has 3 nitrogen and oxygen atoms in total. The van der Waals surface area contributed by atoms with E-state index in [9.17, 15) is 4.39 Å². The summed E-state index contributed by atoms with van der Waals surface area (Å²) in [6.45, 7) is 2.68. The minimum atomic E-state index is -0.733. The summed E-state index contributed by atoms with van der Waals surface area (Å²) in [6, 6.07) is 17.4. The number of halogens is 1. The van der Waals surface area contributed by atoms with Gasteiger partial charge in [0.1, 0.15) is 5.82 Å². The van der Waals surface area contributed by atoms with Gasteiger partial charge in [-0.3, -0.25) is 0 Å². The molecular weight excluding hydrogens is 430 g/mol. The second-order valence-electron chi connectivity index (χ2n) is 8.01. The molecule has 0 bridgehead atoms. The molecule has 1 aromatic heterocycles. The molecule has 0 amide bonds. The van der Waals surface area contributed by atoms with Crippen LogP contribution >= 0.6 is 20.8 Å². The SMILES string of the molecule is COC1(c2ccc(C)c(Cc3ccc(-c4ccc(F)cc4)s3)c2)CCC[C@@H](COP)O1. The van der Waals surface area contributed by atoms with E-state index in [-0.39, 0.29) is 11.9 Å². The van der Waals surface area contributed by atoms with E-state index in [2.05, 4.69) is 46.7 Å². The minimum absolute atomic E-state index is 0.0199. The number of methoxy groups -OCH3 is 1. The zero-order valence-electron chi connectivity index (χ0n) is 17.9. The fourth-order valence-electron chi connectivity index (χ4n) is 4.18. The molecule has 4 rings (SSSR count). The van der Waals surface area contributed by atoms with Crippen LogP contribution in [0.1, 0.15) is 40.8 Å². The van der Waals surface area contributed by atoms with E-state index in [4.69, 9.17) is 14.0 Å². The third kappa shape index (κ3) is 5.08. The fourth-order valence-corrected chi connectivity index (χ4v) is 5.43. The Kier molecular flexibility index (Phi) is 7.20. The summed E-state index contributed by atoms with van der Waals surface area (Å²) in [4.78, 5) is 2.41. The summed E-state index contributed by atoms with van der Waals surface area (Å²) in [5, 5.41) is 0. The highest BCUT2D eigenvalue weighted by Crippen LogP contribution is 2.40. The van der Waals surface area contributed by atoms with E-state index in [0.29, 0.717) is 6.61 Å². The molecule has 1 aliphatic rings. The summed E-state index contributed by atoms with van der Waals surface area (Å²) < 4.78 is 30.8. The van der Waals surface area contributed by atoms with Crippen LogP contribution in [0.25, 0.3) is 10.4 Å². The molecule has 164 valence electrons. The lowest BCUT2D eigenvalue weighted by molar-refractivity contribution is -0.281. The van der Waals surface area contributed by atoms with Gasteiger partial charge < -0.3 is 14.0 Å². The Morgan fingerprint density at radius 1 is 1.16 bits per heavy atom. The van der Waals surface area contributed by atoms with Gasteiger partial charge in [0.25, 0.3) is 0 Å². The molecule has 2 aromatic carbocycles. The predicted molar refractivity (Wildman–Crippen MR) is 127 cm³/mol. The average Bonchev–Trinajstić information content (AvgIpc) is 3.24. The zero-order chi connectivity index (χ0) is 21.8. The van der Waals surface area contributed by atoms with E-state index < -0.39 is 5.79 Å². The van der Waals surface area contributed by atoms with Gasteiger partial charge in [0.15, 0.2) is 5.79 Å². The summed E-state index contributed by atoms with van der Waals surface area (Å²) in [5.74, 6) is -0.944. The molecule has 2 unspecified atom stereocenters. The van der Waals surface area contributed by atoms with Gasteiger partial charge in [0.05, 0.1) is 12.7 Å². The molecule has 1 aliphatic heterocycles. The van der Waals surface area contributed by atoms with Crippen LogP contribution in [0.3, 0.4) is 0 Å². The van der Waals surface area contributed by atoms with Gasteiger partial charge >= 0.3 is 0 Å². The maximum absolute atomic E-state index is 13.2. The van der Waals surface area contributed by atoms with Crippen LogP contribution in [0.5, 0.6) is 0 Å². The molecule has 6 heteroatoms. The van der Waals surface area contributed by atoms with Gasteiger partial charge in [-0.2, -0.15) is 0 Å². The number of rotatable bonds is 7. The third-order valence-electron chi connectivity index (χ3n) is 5.94. The molecule has 0 saturated carbocycles. The molecular formula is C25H28FO3PS. The van der Waals surface area contributed by atoms with Crippen LogP contribution in [-0.2, 0) is 26.2 Å². The normalized spacial score (nSPS) is 21.4. The Hall–Kier alpha value is -1.62. The van der Waals surface area contributed by atoms with Crippen molar-refractivity contribution >= 4 is 20.8 Å². The standard InChI is InChI=1S/C25H28FO3PS/c1-17-5-8-20(25(27-2)13-3-4-22(29-25)16-28-30)14-19(17)15-23-11-12-24(31-23)18-6-9-21(26)10-7-18/h5-12,14,22H,3-4,13,15-16,30H2,1-2H3/t22-,25?/m0/s1. The smallest absolute Gasteiger partial charge is 0.194 e. The monoisotopic (exact) mass is 458 g/mol. The third-order valence-corrected chi connectivity index (χ3v) is 7.27. The van der Waals surface area contributed by atoms with E-state index in [1.54, 1.807) is 18.4 Å². The first-order chi connectivity index (χ1) is 15.0. The van der Waals surface area contributed by atoms with Gasteiger partial charge in [-0.15, -0.1) is 11.3 Å². The van der Waals surface area contributed by atoms with Crippen LogP contribution in [0.15, 0.2) is 54.6 Å². The van der Waals surface area contributed by atoms with Crippen LogP contribution < -0.4 is 0 Å². The molecule has 0 N–H and O–H groups in total. The number of hydrogen-bond donors (Lipinski definition) is 0. The largest absolute Gasteiger partial charge is 0.363 e. The predicted octanol–water partition coefficient (Wildman–Crippen LogP) is 6.63. The Morgan fingerprint density at radius 2 is 1.97 bits per heavy atom. The number of thiophene rings is 1. The van der Waals surface area contributed by atoms with Crippen molar-refractivity contribution in [2.75, 3.05) is 13.7 Å². The molecule has 0 spiro atoms. The molecule has 31 heavy (non-hydrogen) atoms. The van der Waals surface area contributed by atoms with Crippen LogP contribution in [-0.4, -0.2) is 19.8 Å². The fraction of sp³-hybridized carbons (Fsp3) is 0.360. The zero-order valence-corrected chi connectivity index (χ0v) is 19.9. The highest BCUT2D eigenvalue weighted by Gasteiger charge is 2.39. The molecule has 1 saturated heterocycles.